The molecule has 1 amide bonds. The van der Waals surface area contributed by atoms with Gasteiger partial charge in [-0.05, 0) is 30.3 Å². The number of rotatable bonds is 7. The van der Waals surface area contributed by atoms with Crippen molar-refractivity contribution in [2.75, 3.05) is 33.9 Å². The molecule has 6 heteroatoms. The number of amides is 1. The van der Waals surface area contributed by atoms with Gasteiger partial charge in [0.1, 0.15) is 18.4 Å². The molecule has 0 radical (unpaired) electrons. The van der Waals surface area contributed by atoms with Crippen LogP contribution < -0.4 is 4.74 Å². The molecule has 0 saturated carbocycles. The largest absolute Gasteiger partial charge is 0.492 e. The van der Waals surface area contributed by atoms with Crippen LogP contribution in [0.25, 0.3) is 0 Å². The molecule has 2 aromatic rings. The van der Waals surface area contributed by atoms with Crippen molar-refractivity contribution >= 4 is 11.9 Å². The predicted octanol–water partition coefficient (Wildman–Crippen LogP) is 2.12. The molecule has 0 fully saturated rings. The average molecular weight is 382 g/mol. The first kappa shape index (κ1) is 19.9. The van der Waals surface area contributed by atoms with Gasteiger partial charge < -0.3 is 14.4 Å². The first-order valence-corrected chi connectivity index (χ1v) is 9.39. The number of nitrogens with zero attached hydrogens (tertiary/aromatic N) is 2. The Balaban J connectivity index is 1.58. The van der Waals surface area contributed by atoms with Gasteiger partial charge in [0, 0.05) is 19.5 Å². The fourth-order valence-corrected chi connectivity index (χ4v) is 3.37. The third kappa shape index (κ3) is 4.89. The van der Waals surface area contributed by atoms with Gasteiger partial charge in [-0.15, -0.1) is 0 Å². The maximum atomic E-state index is 12.9. The lowest BCUT2D eigenvalue weighted by Crippen LogP contribution is -2.51. The van der Waals surface area contributed by atoms with E-state index in [0.717, 1.165) is 16.9 Å². The first-order valence-electron chi connectivity index (χ1n) is 9.39. The van der Waals surface area contributed by atoms with E-state index in [0.29, 0.717) is 26.1 Å². The number of para-hydroxylation sites is 1. The maximum Gasteiger partial charge on any atom is 0.328 e. The third-order valence-corrected chi connectivity index (χ3v) is 4.93. The molecule has 1 aliphatic rings. The van der Waals surface area contributed by atoms with Gasteiger partial charge in [-0.1, -0.05) is 42.5 Å². The van der Waals surface area contributed by atoms with Crippen LogP contribution in [0.1, 0.15) is 11.1 Å². The summed E-state index contributed by atoms with van der Waals surface area (Å²) in [5.41, 5.74) is 2.16. The van der Waals surface area contributed by atoms with Crippen molar-refractivity contribution < 1.29 is 19.1 Å². The van der Waals surface area contributed by atoms with E-state index in [2.05, 4.69) is 0 Å². The Bertz CT molecular complexity index is 809. The molecule has 1 heterocycles. The Labute approximate surface area is 165 Å². The van der Waals surface area contributed by atoms with Crippen molar-refractivity contribution in [2.45, 2.75) is 19.0 Å². The summed E-state index contributed by atoms with van der Waals surface area (Å²) >= 11 is 0. The van der Waals surface area contributed by atoms with Gasteiger partial charge in [0.25, 0.3) is 0 Å². The number of esters is 1. The molecule has 0 N–H and O–H groups in total. The third-order valence-electron chi connectivity index (χ3n) is 4.93. The van der Waals surface area contributed by atoms with Crippen LogP contribution in [-0.2, 0) is 27.3 Å². The van der Waals surface area contributed by atoms with E-state index in [-0.39, 0.29) is 18.4 Å². The molecule has 0 aliphatic carbocycles. The van der Waals surface area contributed by atoms with Crippen molar-refractivity contribution in [1.82, 2.24) is 9.80 Å². The van der Waals surface area contributed by atoms with E-state index in [1.54, 1.807) is 4.90 Å². The van der Waals surface area contributed by atoms with Crippen molar-refractivity contribution in [1.29, 1.82) is 0 Å². The number of likely N-dealkylation sites (N-methyl/N-ethyl adjacent to an activating group) is 1. The highest BCUT2D eigenvalue weighted by atomic mass is 16.5. The van der Waals surface area contributed by atoms with Crippen molar-refractivity contribution in [3.05, 3.63) is 65.7 Å². The van der Waals surface area contributed by atoms with Gasteiger partial charge in [0.15, 0.2) is 0 Å². The number of hydrogen-bond donors (Lipinski definition) is 0. The standard InChI is InChI=1S/C22H26N2O4/c1-23(12-13-28-19-10-4-3-5-11-19)16-21(25)24-15-18-9-7-6-8-17(18)14-20(24)22(26)27-2/h3-11,20H,12-16H2,1-2H3/t20-/m0/s1. The van der Waals surface area contributed by atoms with Gasteiger partial charge in [0.05, 0.1) is 13.7 Å². The number of carbonyl (C=O) groups is 2. The maximum absolute atomic E-state index is 12.9. The summed E-state index contributed by atoms with van der Waals surface area (Å²) in [6.45, 7) is 1.72. The zero-order chi connectivity index (χ0) is 19.9. The summed E-state index contributed by atoms with van der Waals surface area (Å²) in [4.78, 5) is 28.7. The van der Waals surface area contributed by atoms with Gasteiger partial charge in [0.2, 0.25) is 5.91 Å². The summed E-state index contributed by atoms with van der Waals surface area (Å²) in [7, 11) is 3.23. The molecule has 1 atom stereocenters. The summed E-state index contributed by atoms with van der Waals surface area (Å²) in [6, 6.07) is 16.9. The molecule has 6 nitrogen and oxygen atoms in total. The Morgan fingerprint density at radius 1 is 1.07 bits per heavy atom. The smallest absolute Gasteiger partial charge is 0.328 e. The van der Waals surface area contributed by atoms with Crippen molar-refractivity contribution in [3.8, 4) is 5.75 Å². The minimum absolute atomic E-state index is 0.0906. The minimum atomic E-state index is -0.582. The summed E-state index contributed by atoms with van der Waals surface area (Å²) in [5.74, 6) is 0.339. The monoisotopic (exact) mass is 382 g/mol. The van der Waals surface area contributed by atoms with Crippen LogP contribution in [0, 0.1) is 0 Å². The Morgan fingerprint density at radius 3 is 2.46 bits per heavy atom. The number of methoxy groups -OCH3 is 1. The lowest BCUT2D eigenvalue weighted by molar-refractivity contribution is -0.154. The number of fused-ring (bicyclic) bond motifs is 1. The van der Waals surface area contributed by atoms with Gasteiger partial charge in [-0.2, -0.15) is 0 Å². The molecule has 0 saturated heterocycles. The van der Waals surface area contributed by atoms with Crippen molar-refractivity contribution in [2.24, 2.45) is 0 Å². The van der Waals surface area contributed by atoms with Crippen LogP contribution in [-0.4, -0.2) is 61.6 Å². The second-order valence-electron chi connectivity index (χ2n) is 6.93. The highest BCUT2D eigenvalue weighted by molar-refractivity contribution is 5.86. The van der Waals surface area contributed by atoms with Crippen LogP contribution in [0.4, 0.5) is 0 Å². The minimum Gasteiger partial charge on any atom is -0.492 e. The molecule has 0 unspecified atom stereocenters. The van der Waals surface area contributed by atoms with Crippen LogP contribution in [0.3, 0.4) is 0 Å². The molecule has 2 aromatic carbocycles. The van der Waals surface area contributed by atoms with Crippen LogP contribution in [0.15, 0.2) is 54.6 Å². The average Bonchev–Trinajstić information content (AvgIpc) is 2.73. The predicted molar refractivity (Wildman–Crippen MR) is 106 cm³/mol. The highest BCUT2D eigenvalue weighted by Crippen LogP contribution is 2.24. The Hall–Kier alpha value is -2.86. The van der Waals surface area contributed by atoms with E-state index in [9.17, 15) is 9.59 Å². The molecule has 148 valence electrons. The summed E-state index contributed by atoms with van der Waals surface area (Å²) in [5, 5.41) is 0. The lowest BCUT2D eigenvalue weighted by atomic mass is 9.94. The number of carbonyl (C=O) groups excluding carboxylic acids is 2. The molecular formula is C22H26N2O4. The van der Waals surface area contributed by atoms with Gasteiger partial charge in [-0.25, -0.2) is 4.79 Å². The molecule has 0 bridgehead atoms. The van der Waals surface area contributed by atoms with E-state index in [4.69, 9.17) is 9.47 Å². The molecule has 28 heavy (non-hydrogen) atoms. The second kappa shape index (κ2) is 9.37. The fourth-order valence-electron chi connectivity index (χ4n) is 3.37. The number of ether oxygens (including phenoxy) is 2. The fraction of sp³-hybridized carbons (Fsp3) is 0.364. The van der Waals surface area contributed by atoms with Crippen LogP contribution >= 0.6 is 0 Å². The summed E-state index contributed by atoms with van der Waals surface area (Å²) < 4.78 is 10.6. The topological polar surface area (TPSA) is 59.1 Å². The lowest BCUT2D eigenvalue weighted by Gasteiger charge is -2.36. The molecular weight excluding hydrogens is 356 g/mol. The second-order valence-corrected chi connectivity index (χ2v) is 6.93. The normalized spacial score (nSPS) is 15.8. The Kier molecular flexibility index (Phi) is 6.66. The molecule has 0 spiro atoms. The quantitative estimate of drug-likeness (QED) is 0.687. The van der Waals surface area contributed by atoms with Crippen molar-refractivity contribution in [3.63, 3.8) is 0 Å². The van der Waals surface area contributed by atoms with Gasteiger partial charge >= 0.3 is 5.97 Å². The molecule has 0 aromatic heterocycles. The van der Waals surface area contributed by atoms with E-state index < -0.39 is 6.04 Å². The van der Waals surface area contributed by atoms with E-state index >= 15 is 0 Å². The number of hydrogen-bond acceptors (Lipinski definition) is 5. The zero-order valence-electron chi connectivity index (χ0n) is 16.3. The van der Waals surface area contributed by atoms with Gasteiger partial charge in [-0.3, -0.25) is 9.69 Å². The van der Waals surface area contributed by atoms with E-state index in [1.807, 2.05) is 66.5 Å². The SMILES string of the molecule is COC(=O)[C@@H]1Cc2ccccc2CN1C(=O)CN(C)CCOc1ccccc1. The van der Waals surface area contributed by atoms with Crippen LogP contribution in [0.2, 0.25) is 0 Å². The Morgan fingerprint density at radius 2 is 1.75 bits per heavy atom. The first-order chi connectivity index (χ1) is 13.6. The van der Waals surface area contributed by atoms with Crippen LogP contribution in [0.5, 0.6) is 5.75 Å². The molecule has 1 aliphatic heterocycles. The van der Waals surface area contributed by atoms with E-state index in [1.165, 1.54) is 7.11 Å². The summed E-state index contributed by atoms with van der Waals surface area (Å²) in [6.07, 6.45) is 0.482. The zero-order valence-corrected chi connectivity index (χ0v) is 16.3. The number of benzene rings is 2. The highest BCUT2D eigenvalue weighted by Gasteiger charge is 2.35. The molecule has 3 rings (SSSR count).